The molecule has 0 rings (SSSR count). The van der Waals surface area contributed by atoms with Crippen LogP contribution in [0.1, 0.15) is 0 Å². The quantitative estimate of drug-likeness (QED) is 0.281. The second kappa shape index (κ2) is 16.4. The van der Waals surface area contributed by atoms with Crippen LogP contribution in [-0.2, 0) is 33.0 Å². The maximum Gasteiger partial charge on any atom is 0 e. The van der Waals surface area contributed by atoms with Gasteiger partial charge in [-0.15, -0.1) is 0 Å². The molecule has 0 aromatic carbocycles. The van der Waals surface area contributed by atoms with Crippen molar-refractivity contribution in [2.75, 3.05) is 0 Å². The fourth-order valence-electron chi connectivity index (χ4n) is 0. The fraction of sp³-hybridized carbons (Fsp3) is 0. The van der Waals surface area contributed by atoms with Crippen molar-refractivity contribution in [3.63, 3.8) is 0 Å². The van der Waals surface area contributed by atoms with Crippen molar-refractivity contribution in [2.45, 2.75) is 0 Å². The molecule has 0 N–H and O–H groups in total. The van der Waals surface area contributed by atoms with E-state index in [0.29, 0.717) is 0 Å². The zero-order chi connectivity index (χ0) is 0. The first-order chi connectivity index (χ1) is 0. The van der Waals surface area contributed by atoms with E-state index in [1.54, 1.807) is 0 Å². The van der Waals surface area contributed by atoms with Crippen LogP contribution >= 0.6 is 0 Å². The average molecular weight is 310 g/mol. The van der Waals surface area contributed by atoms with Crippen LogP contribution in [0.4, 0.5) is 0 Å². The van der Waals surface area contributed by atoms with Gasteiger partial charge >= 0.3 is 68.7 Å². The molecule has 4 heteroatoms. The van der Waals surface area contributed by atoms with Crippen molar-refractivity contribution in [3.8, 4) is 0 Å². The summed E-state index contributed by atoms with van der Waals surface area (Å²) in [4.78, 5) is 0. The van der Waals surface area contributed by atoms with Crippen LogP contribution in [0.2, 0.25) is 0 Å². The Hall–Kier alpha value is 3.18. The monoisotopic (exact) mass is 308 g/mol. The van der Waals surface area contributed by atoms with Gasteiger partial charge in [0.05, 0.1) is 0 Å². The molecule has 0 radical (unpaired) electrons. The van der Waals surface area contributed by atoms with Crippen molar-refractivity contribution < 1.29 is 19.5 Å². The van der Waals surface area contributed by atoms with Crippen molar-refractivity contribution in [1.82, 2.24) is 0 Å². The van der Waals surface area contributed by atoms with Gasteiger partial charge < -0.3 is 13.5 Å². The van der Waals surface area contributed by atoms with Crippen LogP contribution in [0, 0.1) is 0 Å². The van der Waals surface area contributed by atoms with Gasteiger partial charge in [0, 0.05) is 19.5 Å². The smallest absolute Gasteiger partial charge is 0 e. The first-order valence-electron chi connectivity index (χ1n) is 0. The van der Waals surface area contributed by atoms with E-state index in [2.05, 4.69) is 0 Å². The molecule has 0 amide bonds. The molecule has 4 heavy (non-hydrogen) atoms. The summed E-state index contributed by atoms with van der Waals surface area (Å²) in [5, 5.41) is 0. The van der Waals surface area contributed by atoms with Crippen LogP contribution in [0.3, 0.4) is 0 Å². The molecule has 0 aliphatic rings. The van der Waals surface area contributed by atoms with E-state index in [4.69, 9.17) is 0 Å². The Morgan fingerprint density at radius 3 is 1.00 bits per heavy atom. The molecule has 0 bridgehead atoms. The van der Waals surface area contributed by atoms with Gasteiger partial charge in [-0.25, -0.2) is 0 Å². The molecule has 0 aromatic heterocycles. The third kappa shape index (κ3) is 8.95. The summed E-state index contributed by atoms with van der Waals surface area (Å²) in [6.07, 6.45) is 0. The molecule has 0 saturated heterocycles. The van der Waals surface area contributed by atoms with Crippen LogP contribution in [0.5, 0.6) is 0 Å². The second-order valence-corrected chi connectivity index (χ2v) is 0. The van der Waals surface area contributed by atoms with Crippen molar-refractivity contribution in [3.05, 3.63) is 0 Å². The third-order valence-corrected chi connectivity index (χ3v) is 0. The molecule has 0 aromatic rings. The number of hydrogen-bond donors (Lipinski definition) is 0. The number of thiol groups is 1. The van der Waals surface area contributed by atoms with Gasteiger partial charge in [0.25, 0.3) is 0 Å². The number of rotatable bonds is 0. The summed E-state index contributed by atoms with van der Waals surface area (Å²) in [7, 11) is 0. The number of hydrogen-bond acceptors (Lipinski definition) is 1. The summed E-state index contributed by atoms with van der Waals surface area (Å²) in [6.45, 7) is 0. The molecule has 0 atom stereocenters. The van der Waals surface area contributed by atoms with E-state index in [0.717, 1.165) is 0 Å². The van der Waals surface area contributed by atoms with E-state index in [9.17, 15) is 0 Å². The van der Waals surface area contributed by atoms with Gasteiger partial charge in [-0.2, -0.15) is 0 Å². The minimum atomic E-state index is 0. The first kappa shape index (κ1) is 27.1. The van der Waals surface area contributed by atoms with E-state index >= 15 is 0 Å². The van der Waals surface area contributed by atoms with E-state index in [1.165, 1.54) is 0 Å². The van der Waals surface area contributed by atoms with Gasteiger partial charge in [0.2, 0.25) is 0 Å². The zero-order valence-corrected chi connectivity index (χ0v) is 12.3. The third-order valence-electron chi connectivity index (χ3n) is 0. The normalized spacial score (nSPS) is 0. The Morgan fingerprint density at radius 1 is 1.00 bits per heavy atom. The van der Waals surface area contributed by atoms with Crippen molar-refractivity contribution in [1.29, 1.82) is 0 Å². The Labute approximate surface area is 99.2 Å². The summed E-state index contributed by atoms with van der Waals surface area (Å²) < 4.78 is 0. The molecule has 0 heterocycles. The molecule has 18 valence electrons. The van der Waals surface area contributed by atoms with Gasteiger partial charge in [-0.3, -0.25) is 0 Å². The fourth-order valence-corrected chi connectivity index (χ4v) is 0. The first-order valence-corrected chi connectivity index (χ1v) is 0. The molecule has 0 spiro atoms. The Kier molecular flexibility index (Phi) is 111. The van der Waals surface area contributed by atoms with Crippen LogP contribution in [0.25, 0.3) is 0 Å². The van der Waals surface area contributed by atoms with Crippen molar-refractivity contribution in [2.24, 2.45) is 0 Å². The molecular weight excluding hydrogens is 305 g/mol. The molecule has 0 fully saturated rings. The molecular formula is H5BaGaSZn. The van der Waals surface area contributed by atoms with E-state index < -0.39 is 0 Å². The Balaban J connectivity index is 0. The molecule has 0 aliphatic carbocycles. The molecule has 0 unspecified atom stereocenters. The van der Waals surface area contributed by atoms with Crippen LogP contribution < -0.4 is 0 Å². The largest absolute Gasteiger partial charge is 0.813 e. The Bertz CT molecular complexity index is 8.00. The summed E-state index contributed by atoms with van der Waals surface area (Å²) in [5.74, 6) is 0. The predicted octanol–water partition coefficient (Wildman–Crippen LogP) is -2.10. The average Bonchev–Trinajstić information content (AvgIpc) is 0. The minimum Gasteiger partial charge on any atom is -0.813 e. The molecule has 0 aliphatic heterocycles. The summed E-state index contributed by atoms with van der Waals surface area (Å²) in [6, 6.07) is 0. The minimum absolute atomic E-state index is 0. The standard InChI is InChI=1S/Ba.Ga.H2S.Zn.4H/h;;1H2;;;;;/q+1;;;;;;;/p-1. The maximum absolute atomic E-state index is 0. The Morgan fingerprint density at radius 2 is 1.00 bits per heavy atom. The van der Waals surface area contributed by atoms with Gasteiger partial charge in [-0.05, 0) is 0 Å². The SMILES string of the molecule is [BaH+].[GaH3].[SH-].[Zn]. The second-order valence-electron chi connectivity index (χ2n) is 0. The van der Waals surface area contributed by atoms with Gasteiger partial charge in [-0.1, -0.05) is 0 Å². The molecule has 0 nitrogen and oxygen atoms in total. The van der Waals surface area contributed by atoms with Gasteiger partial charge in [0.1, 0.15) is 0 Å². The summed E-state index contributed by atoms with van der Waals surface area (Å²) in [5.41, 5.74) is 0. The van der Waals surface area contributed by atoms with E-state index in [-0.39, 0.29) is 102 Å². The van der Waals surface area contributed by atoms with E-state index in [1.807, 2.05) is 0 Å². The van der Waals surface area contributed by atoms with Crippen molar-refractivity contribution >= 4 is 82.2 Å². The predicted molar refractivity (Wildman–Crippen MR) is 25.8 cm³/mol. The van der Waals surface area contributed by atoms with Crippen LogP contribution in [0.15, 0.2) is 0 Å². The van der Waals surface area contributed by atoms with Gasteiger partial charge in [0.15, 0.2) is 0 Å². The zero-order valence-electron chi connectivity index (χ0n) is 2.15. The molecule has 0 saturated carbocycles. The van der Waals surface area contributed by atoms with Crippen LogP contribution in [-0.4, -0.2) is 68.7 Å². The maximum atomic E-state index is 0. The topological polar surface area (TPSA) is 0 Å². The summed E-state index contributed by atoms with van der Waals surface area (Å²) >= 11 is 0.